The molecule has 110 valence electrons. The van der Waals surface area contributed by atoms with Crippen LogP contribution in [0.15, 0.2) is 42.6 Å². The molecule has 0 atom stereocenters. The summed E-state index contributed by atoms with van der Waals surface area (Å²) in [5.74, 6) is 0.0217. The summed E-state index contributed by atoms with van der Waals surface area (Å²) in [6, 6.07) is 12.2. The number of carboxylic acids is 1. The van der Waals surface area contributed by atoms with Gasteiger partial charge in [-0.25, -0.2) is 4.98 Å². The van der Waals surface area contributed by atoms with Gasteiger partial charge in [0.25, 0.3) is 0 Å². The number of rotatable bonds is 6. The average molecular weight is 284 g/mol. The Hall–Kier alpha value is -2.36. The molecule has 0 aliphatic rings. The fourth-order valence-electron chi connectivity index (χ4n) is 2.11. The second-order valence-corrected chi connectivity index (χ2v) is 5.24. The van der Waals surface area contributed by atoms with Crippen LogP contribution in [0.1, 0.15) is 23.1 Å². The number of carbonyl (C=O) groups is 1. The molecule has 1 N–H and O–H groups in total. The minimum Gasteiger partial charge on any atom is -0.481 e. The molecule has 2 rings (SSSR count). The summed E-state index contributed by atoms with van der Waals surface area (Å²) in [6.45, 7) is 5.16. The summed E-state index contributed by atoms with van der Waals surface area (Å²) in [5, 5.41) is 8.92. The van der Waals surface area contributed by atoms with E-state index in [2.05, 4.69) is 29.2 Å². The smallest absolute Gasteiger partial charge is 0.305 e. The number of hydrogen-bond acceptors (Lipinski definition) is 3. The van der Waals surface area contributed by atoms with Crippen molar-refractivity contribution < 1.29 is 9.90 Å². The van der Waals surface area contributed by atoms with Crippen molar-refractivity contribution in [2.75, 3.05) is 11.4 Å². The lowest BCUT2D eigenvalue weighted by atomic mass is 10.1. The zero-order valence-electron chi connectivity index (χ0n) is 12.4. The number of hydrogen-bond donors (Lipinski definition) is 1. The maximum absolute atomic E-state index is 10.9. The topological polar surface area (TPSA) is 53.4 Å². The van der Waals surface area contributed by atoms with Gasteiger partial charge < -0.3 is 10.0 Å². The van der Waals surface area contributed by atoms with Crippen LogP contribution in [0.5, 0.6) is 0 Å². The SMILES string of the molecule is Cc1ccc(CN(CCC(=O)O)c2cc(C)ccn2)cc1. The Morgan fingerprint density at radius 3 is 2.48 bits per heavy atom. The summed E-state index contributed by atoms with van der Waals surface area (Å²) < 4.78 is 0. The van der Waals surface area contributed by atoms with Gasteiger partial charge >= 0.3 is 5.97 Å². The molecule has 0 spiro atoms. The lowest BCUT2D eigenvalue weighted by molar-refractivity contribution is -0.136. The molecule has 0 fully saturated rings. The van der Waals surface area contributed by atoms with Gasteiger partial charge in [-0.2, -0.15) is 0 Å². The summed E-state index contributed by atoms with van der Waals surface area (Å²) in [5.41, 5.74) is 3.48. The molecule has 4 heteroatoms. The van der Waals surface area contributed by atoms with Crippen molar-refractivity contribution in [1.82, 2.24) is 4.98 Å². The Balaban J connectivity index is 2.19. The van der Waals surface area contributed by atoms with E-state index in [0.717, 1.165) is 16.9 Å². The molecule has 4 nitrogen and oxygen atoms in total. The molecule has 1 aromatic heterocycles. The third-order valence-electron chi connectivity index (χ3n) is 3.31. The molecule has 0 amide bonds. The monoisotopic (exact) mass is 284 g/mol. The van der Waals surface area contributed by atoms with Crippen molar-refractivity contribution in [3.63, 3.8) is 0 Å². The molecule has 0 unspecified atom stereocenters. The van der Waals surface area contributed by atoms with Gasteiger partial charge in [0.2, 0.25) is 0 Å². The first-order valence-corrected chi connectivity index (χ1v) is 6.99. The minimum absolute atomic E-state index is 0.0987. The van der Waals surface area contributed by atoms with Crippen LogP contribution in [0.4, 0.5) is 5.82 Å². The number of carboxylic acid groups (broad SMARTS) is 1. The van der Waals surface area contributed by atoms with Crippen LogP contribution in [0.3, 0.4) is 0 Å². The van der Waals surface area contributed by atoms with E-state index in [0.29, 0.717) is 13.1 Å². The van der Waals surface area contributed by atoms with Crippen LogP contribution in [0.2, 0.25) is 0 Å². The van der Waals surface area contributed by atoms with Gasteiger partial charge in [0.1, 0.15) is 5.82 Å². The first-order valence-electron chi connectivity index (χ1n) is 6.99. The molecule has 1 aromatic carbocycles. The third-order valence-corrected chi connectivity index (χ3v) is 3.31. The van der Waals surface area contributed by atoms with Gasteiger partial charge in [-0.05, 0) is 37.1 Å². The van der Waals surface area contributed by atoms with Crippen LogP contribution in [0.25, 0.3) is 0 Å². The molecule has 0 saturated carbocycles. The number of benzene rings is 1. The van der Waals surface area contributed by atoms with E-state index in [1.165, 1.54) is 5.56 Å². The fourth-order valence-corrected chi connectivity index (χ4v) is 2.11. The highest BCUT2D eigenvalue weighted by Crippen LogP contribution is 2.16. The van der Waals surface area contributed by atoms with Crippen LogP contribution in [-0.4, -0.2) is 22.6 Å². The summed E-state index contributed by atoms with van der Waals surface area (Å²) >= 11 is 0. The van der Waals surface area contributed by atoms with E-state index in [1.807, 2.05) is 30.9 Å². The minimum atomic E-state index is -0.795. The van der Waals surface area contributed by atoms with Crippen molar-refractivity contribution in [2.45, 2.75) is 26.8 Å². The van der Waals surface area contributed by atoms with Gasteiger partial charge in [-0.15, -0.1) is 0 Å². The molecule has 1 heterocycles. The van der Waals surface area contributed by atoms with E-state index in [4.69, 9.17) is 5.11 Å². The van der Waals surface area contributed by atoms with E-state index in [9.17, 15) is 4.79 Å². The quantitative estimate of drug-likeness (QED) is 0.885. The van der Waals surface area contributed by atoms with Crippen LogP contribution in [-0.2, 0) is 11.3 Å². The normalized spacial score (nSPS) is 10.4. The Bertz CT molecular complexity index is 608. The maximum Gasteiger partial charge on any atom is 0.305 e. The Morgan fingerprint density at radius 1 is 1.14 bits per heavy atom. The largest absolute Gasteiger partial charge is 0.481 e. The highest BCUT2D eigenvalue weighted by atomic mass is 16.4. The van der Waals surface area contributed by atoms with Crippen molar-refractivity contribution in [3.05, 3.63) is 59.3 Å². The first-order chi connectivity index (χ1) is 10.0. The maximum atomic E-state index is 10.9. The summed E-state index contributed by atoms with van der Waals surface area (Å²) in [4.78, 5) is 17.2. The molecular weight excluding hydrogens is 264 g/mol. The molecule has 0 saturated heterocycles. The number of aliphatic carboxylic acids is 1. The zero-order valence-corrected chi connectivity index (χ0v) is 12.4. The van der Waals surface area contributed by atoms with Crippen molar-refractivity contribution in [3.8, 4) is 0 Å². The van der Waals surface area contributed by atoms with Gasteiger partial charge in [0.05, 0.1) is 6.42 Å². The highest BCUT2D eigenvalue weighted by molar-refractivity contribution is 5.67. The number of aryl methyl sites for hydroxylation is 2. The van der Waals surface area contributed by atoms with Crippen LogP contribution in [0, 0.1) is 13.8 Å². The standard InChI is InChI=1S/C17H20N2O2/c1-13-3-5-15(6-4-13)12-19(10-8-17(20)21)16-11-14(2)7-9-18-16/h3-7,9,11H,8,10,12H2,1-2H3,(H,20,21). The van der Waals surface area contributed by atoms with Gasteiger partial charge in [-0.3, -0.25) is 4.79 Å². The second-order valence-electron chi connectivity index (χ2n) is 5.24. The first kappa shape index (κ1) is 15.0. The average Bonchev–Trinajstić information content (AvgIpc) is 2.45. The number of anilines is 1. The van der Waals surface area contributed by atoms with Gasteiger partial charge in [0, 0.05) is 19.3 Å². The van der Waals surface area contributed by atoms with E-state index in [-0.39, 0.29) is 6.42 Å². The lowest BCUT2D eigenvalue weighted by Crippen LogP contribution is -2.26. The summed E-state index contributed by atoms with van der Waals surface area (Å²) in [6.07, 6.45) is 1.86. The summed E-state index contributed by atoms with van der Waals surface area (Å²) in [7, 11) is 0. The van der Waals surface area contributed by atoms with E-state index >= 15 is 0 Å². The molecule has 2 aromatic rings. The number of pyridine rings is 1. The van der Waals surface area contributed by atoms with Gasteiger partial charge in [0.15, 0.2) is 0 Å². The molecular formula is C17H20N2O2. The van der Waals surface area contributed by atoms with Crippen LogP contribution < -0.4 is 4.90 Å². The molecule has 0 aliphatic carbocycles. The Labute approximate surface area is 125 Å². The number of nitrogens with zero attached hydrogens (tertiary/aromatic N) is 2. The van der Waals surface area contributed by atoms with Crippen molar-refractivity contribution in [2.24, 2.45) is 0 Å². The Kier molecular flexibility index (Phi) is 4.93. The fraction of sp³-hybridized carbons (Fsp3) is 0.294. The second kappa shape index (κ2) is 6.88. The molecule has 0 radical (unpaired) electrons. The number of aromatic nitrogens is 1. The van der Waals surface area contributed by atoms with Crippen molar-refractivity contribution >= 4 is 11.8 Å². The van der Waals surface area contributed by atoms with E-state index < -0.39 is 5.97 Å². The zero-order chi connectivity index (χ0) is 15.2. The molecule has 0 aliphatic heterocycles. The molecule has 21 heavy (non-hydrogen) atoms. The highest BCUT2D eigenvalue weighted by Gasteiger charge is 2.11. The Morgan fingerprint density at radius 2 is 1.86 bits per heavy atom. The van der Waals surface area contributed by atoms with Crippen LogP contribution >= 0.6 is 0 Å². The predicted molar refractivity (Wildman–Crippen MR) is 83.5 cm³/mol. The predicted octanol–water partition coefficient (Wildman–Crippen LogP) is 3.18. The lowest BCUT2D eigenvalue weighted by Gasteiger charge is -2.23. The third kappa shape index (κ3) is 4.60. The van der Waals surface area contributed by atoms with E-state index in [1.54, 1.807) is 6.20 Å². The molecule has 0 bridgehead atoms. The van der Waals surface area contributed by atoms with Crippen molar-refractivity contribution in [1.29, 1.82) is 0 Å². The van der Waals surface area contributed by atoms with Gasteiger partial charge in [-0.1, -0.05) is 29.8 Å².